The van der Waals surface area contributed by atoms with Gasteiger partial charge in [0.15, 0.2) is 14.6 Å². The van der Waals surface area contributed by atoms with Crippen molar-refractivity contribution in [3.63, 3.8) is 0 Å². The van der Waals surface area contributed by atoms with Crippen molar-refractivity contribution in [2.75, 3.05) is 19.5 Å². The van der Waals surface area contributed by atoms with Crippen LogP contribution in [0.4, 0.5) is 0 Å². The molecule has 1 unspecified atom stereocenters. The first kappa shape index (κ1) is 20.7. The molecule has 1 aliphatic rings. The van der Waals surface area contributed by atoms with E-state index in [4.69, 9.17) is 9.31 Å². The Bertz CT molecular complexity index is 838. The van der Waals surface area contributed by atoms with Gasteiger partial charge in [-0.1, -0.05) is 13.8 Å². The molecule has 1 aliphatic heterocycles. The molecule has 144 valence electrons. The minimum Gasteiger partial charge on any atom is -0.480 e. The summed E-state index contributed by atoms with van der Waals surface area (Å²) in [6.45, 7) is 6.16. The number of rotatable bonds is 6. The van der Waals surface area contributed by atoms with Crippen LogP contribution in [0.25, 0.3) is 0 Å². The Balaban J connectivity index is 2.13. The molecule has 8 nitrogen and oxygen atoms in total. The molecule has 0 radical (unpaired) electrons. The summed E-state index contributed by atoms with van der Waals surface area (Å²) in [5.74, 6) is -1.43. The largest absolute Gasteiger partial charge is 0.494 e. The van der Waals surface area contributed by atoms with Gasteiger partial charge in [0.25, 0.3) is 0 Å². The van der Waals surface area contributed by atoms with E-state index < -0.39 is 27.7 Å². The van der Waals surface area contributed by atoms with Crippen molar-refractivity contribution in [1.82, 2.24) is 4.57 Å². The molecule has 0 saturated carbocycles. The van der Waals surface area contributed by atoms with Crippen molar-refractivity contribution in [3.05, 3.63) is 28.7 Å². The van der Waals surface area contributed by atoms with Crippen LogP contribution >= 0.6 is 0 Å². The fourth-order valence-electron chi connectivity index (χ4n) is 2.52. The molecule has 1 saturated heterocycles. The molecule has 26 heavy (non-hydrogen) atoms. The predicted octanol–water partition coefficient (Wildman–Crippen LogP) is -0.105. The van der Waals surface area contributed by atoms with Crippen molar-refractivity contribution < 1.29 is 27.6 Å². The van der Waals surface area contributed by atoms with E-state index in [1.54, 1.807) is 6.07 Å². The third-order valence-electron chi connectivity index (χ3n) is 4.64. The van der Waals surface area contributed by atoms with Gasteiger partial charge >= 0.3 is 13.1 Å². The van der Waals surface area contributed by atoms with E-state index in [0.29, 0.717) is 18.7 Å². The number of aliphatic carboxylic acids is 1. The molecule has 1 aromatic heterocycles. The number of aromatic nitrogens is 1. The summed E-state index contributed by atoms with van der Waals surface area (Å²) in [5.41, 5.74) is 0.116. The lowest BCUT2D eigenvalue weighted by Crippen LogP contribution is -2.48. The topological polar surface area (TPSA) is 112 Å². The van der Waals surface area contributed by atoms with Crippen LogP contribution in [0.2, 0.25) is 0 Å². The first-order valence-electron chi connectivity index (χ1n) is 8.22. The second kappa shape index (κ2) is 7.17. The maximum Gasteiger partial charge on any atom is 0.494 e. The molecule has 0 bridgehead atoms. The zero-order chi connectivity index (χ0) is 19.8. The van der Waals surface area contributed by atoms with E-state index in [-0.39, 0.29) is 23.9 Å². The smallest absolute Gasteiger partial charge is 0.480 e. The van der Waals surface area contributed by atoms with Gasteiger partial charge in [0.05, 0.1) is 0 Å². The summed E-state index contributed by atoms with van der Waals surface area (Å²) in [6, 6.07) is 3.02. The van der Waals surface area contributed by atoms with Crippen molar-refractivity contribution in [3.8, 4) is 0 Å². The van der Waals surface area contributed by atoms with Gasteiger partial charge in [0.1, 0.15) is 0 Å². The van der Waals surface area contributed by atoms with E-state index in [1.165, 1.54) is 16.8 Å². The first-order valence-corrected chi connectivity index (χ1v) is 10.1. The van der Waals surface area contributed by atoms with Crippen LogP contribution in [0.15, 0.2) is 23.1 Å². The van der Waals surface area contributed by atoms with Gasteiger partial charge in [0, 0.05) is 43.7 Å². The van der Waals surface area contributed by atoms with E-state index in [2.05, 4.69) is 0 Å². The number of carboxylic acids is 1. The highest BCUT2D eigenvalue weighted by atomic mass is 32.2. The van der Waals surface area contributed by atoms with Gasteiger partial charge in [0.2, 0.25) is 5.56 Å². The molecule has 1 N–H and O–H groups in total. The van der Waals surface area contributed by atoms with Crippen LogP contribution in [-0.2, 0) is 30.5 Å². The van der Waals surface area contributed by atoms with Crippen molar-refractivity contribution >= 4 is 28.4 Å². The monoisotopic (exact) mass is 385 g/mol. The van der Waals surface area contributed by atoms with Gasteiger partial charge < -0.3 is 19.0 Å². The number of hydrogen-bond donors (Lipinski definition) is 1. The highest BCUT2D eigenvalue weighted by Gasteiger charge is 2.43. The Morgan fingerprint density at radius 1 is 1.38 bits per heavy atom. The Labute approximate surface area is 153 Å². The van der Waals surface area contributed by atoms with Crippen LogP contribution in [0.3, 0.4) is 0 Å². The fourth-order valence-corrected chi connectivity index (χ4v) is 3.30. The predicted molar refractivity (Wildman–Crippen MR) is 97.3 cm³/mol. The standard InChI is InChI=1S/C16H24BNO7S/c1-15(2)10-24-17(25-11-15)12-5-7-18(13(19)9-12)8-6-16(3,14(20)21)26(4,22)23/h5,7,9H,6,8,10-11H2,1-4H3,(H,20,21). The average molecular weight is 385 g/mol. The third-order valence-corrected chi connectivity index (χ3v) is 6.66. The Morgan fingerprint density at radius 2 is 1.96 bits per heavy atom. The van der Waals surface area contributed by atoms with Gasteiger partial charge in [-0.05, 0) is 24.9 Å². The van der Waals surface area contributed by atoms with Crippen LogP contribution in [0.5, 0.6) is 0 Å². The zero-order valence-electron chi connectivity index (χ0n) is 15.4. The van der Waals surface area contributed by atoms with Gasteiger partial charge in [-0.2, -0.15) is 0 Å². The Kier molecular flexibility index (Phi) is 5.70. The maximum absolute atomic E-state index is 12.3. The minimum absolute atomic E-state index is 0.0333. The molecule has 2 heterocycles. The maximum atomic E-state index is 12.3. The quantitative estimate of drug-likeness (QED) is 0.681. The molecule has 2 rings (SSSR count). The van der Waals surface area contributed by atoms with Crippen LogP contribution in [0.1, 0.15) is 27.2 Å². The molecule has 1 fully saturated rings. The molecule has 0 aromatic carbocycles. The fraction of sp³-hybridized carbons (Fsp3) is 0.625. The summed E-state index contributed by atoms with van der Waals surface area (Å²) in [7, 11) is -4.46. The lowest BCUT2D eigenvalue weighted by atomic mass is 9.76. The number of sulfone groups is 1. The molecular weight excluding hydrogens is 361 g/mol. The van der Waals surface area contributed by atoms with Gasteiger partial charge in [-0.3, -0.25) is 9.59 Å². The number of carboxylic acid groups (broad SMARTS) is 1. The van der Waals surface area contributed by atoms with Crippen LogP contribution in [-0.4, -0.2) is 55.4 Å². The summed E-state index contributed by atoms with van der Waals surface area (Å²) >= 11 is 0. The second-order valence-corrected chi connectivity index (χ2v) is 10.1. The van der Waals surface area contributed by atoms with Crippen molar-refractivity contribution in [1.29, 1.82) is 0 Å². The summed E-state index contributed by atoms with van der Waals surface area (Å²) in [4.78, 5) is 23.7. The summed E-state index contributed by atoms with van der Waals surface area (Å²) < 4.78 is 34.2. The van der Waals surface area contributed by atoms with Crippen molar-refractivity contribution in [2.45, 2.75) is 38.5 Å². The number of hydrogen-bond acceptors (Lipinski definition) is 6. The van der Waals surface area contributed by atoms with Gasteiger partial charge in [-0.15, -0.1) is 0 Å². The lowest BCUT2D eigenvalue weighted by Gasteiger charge is -2.33. The molecule has 1 aromatic rings. The molecule has 0 amide bonds. The molecule has 0 aliphatic carbocycles. The highest BCUT2D eigenvalue weighted by Crippen LogP contribution is 2.22. The lowest BCUT2D eigenvalue weighted by molar-refractivity contribution is -0.139. The van der Waals surface area contributed by atoms with Crippen LogP contribution in [0, 0.1) is 5.41 Å². The summed E-state index contributed by atoms with van der Waals surface area (Å²) in [5, 5.41) is 9.27. The number of carbonyl (C=O) groups is 1. The molecule has 1 atom stereocenters. The molecule has 10 heteroatoms. The normalized spacial score (nSPS) is 19.8. The number of aryl methyl sites for hydroxylation is 1. The average Bonchev–Trinajstić information content (AvgIpc) is 2.52. The van der Waals surface area contributed by atoms with E-state index in [0.717, 1.165) is 13.2 Å². The third kappa shape index (κ3) is 4.36. The number of pyridine rings is 1. The molecular formula is C16H24BNO7S. The first-order chi connectivity index (χ1) is 11.9. The van der Waals surface area contributed by atoms with Crippen molar-refractivity contribution in [2.24, 2.45) is 5.41 Å². The minimum atomic E-state index is -3.84. The number of nitrogens with zero attached hydrogens (tertiary/aromatic N) is 1. The molecule has 0 spiro atoms. The van der Waals surface area contributed by atoms with E-state index in [1.807, 2.05) is 13.8 Å². The summed E-state index contributed by atoms with van der Waals surface area (Å²) in [6.07, 6.45) is 2.16. The van der Waals surface area contributed by atoms with Crippen LogP contribution < -0.4 is 11.0 Å². The van der Waals surface area contributed by atoms with E-state index in [9.17, 15) is 23.1 Å². The van der Waals surface area contributed by atoms with E-state index >= 15 is 0 Å². The highest BCUT2D eigenvalue weighted by molar-refractivity contribution is 7.92. The SMILES string of the molecule is CC1(C)COB(c2ccn(CCC(C)(C(=O)O)S(C)(=O)=O)c(=O)c2)OC1. The second-order valence-electron chi connectivity index (χ2n) is 7.67. The Hall–Kier alpha value is -1.65. The zero-order valence-corrected chi connectivity index (χ0v) is 16.2. The van der Waals surface area contributed by atoms with Gasteiger partial charge in [-0.25, -0.2) is 8.42 Å². The Morgan fingerprint density at radius 3 is 2.42 bits per heavy atom.